The van der Waals surface area contributed by atoms with Gasteiger partial charge >= 0.3 is 0 Å². The summed E-state index contributed by atoms with van der Waals surface area (Å²) in [7, 11) is 0. The van der Waals surface area contributed by atoms with Crippen LogP contribution in [0.3, 0.4) is 0 Å². The molecule has 1 heterocycles. The molecule has 1 aliphatic rings. The SMILES string of the molecule is CCNC(=NCc1ccc(OCC)c(F)c1)NC1CCN(C(=O)C(C)C)CC1.I. The number of nitrogens with zero attached hydrogens (tertiary/aromatic N) is 2. The molecule has 0 unspecified atom stereocenters. The first kappa shape index (κ1) is 25.5. The van der Waals surface area contributed by atoms with Crippen molar-refractivity contribution in [1.29, 1.82) is 0 Å². The number of nitrogens with one attached hydrogen (secondary N) is 2. The summed E-state index contributed by atoms with van der Waals surface area (Å²) in [6.45, 7) is 10.8. The number of benzene rings is 1. The van der Waals surface area contributed by atoms with E-state index >= 15 is 0 Å². The minimum absolute atomic E-state index is 0. The number of carbonyl (C=O) groups excluding carboxylic acids is 1. The highest BCUT2D eigenvalue weighted by atomic mass is 127. The molecule has 8 heteroatoms. The van der Waals surface area contributed by atoms with Gasteiger partial charge in [-0.2, -0.15) is 0 Å². The number of carbonyl (C=O) groups is 1. The van der Waals surface area contributed by atoms with E-state index in [9.17, 15) is 9.18 Å². The molecule has 2 rings (SSSR count). The largest absolute Gasteiger partial charge is 0.491 e. The van der Waals surface area contributed by atoms with E-state index in [-0.39, 0.29) is 53.4 Å². The Kier molecular flexibility index (Phi) is 11.3. The van der Waals surface area contributed by atoms with E-state index in [2.05, 4.69) is 15.6 Å². The lowest BCUT2D eigenvalue weighted by atomic mass is 10.0. The van der Waals surface area contributed by atoms with Crippen LogP contribution in [0.4, 0.5) is 4.39 Å². The van der Waals surface area contributed by atoms with Crippen molar-refractivity contribution in [3.05, 3.63) is 29.6 Å². The summed E-state index contributed by atoms with van der Waals surface area (Å²) in [6.07, 6.45) is 1.78. The molecule has 0 aliphatic carbocycles. The summed E-state index contributed by atoms with van der Waals surface area (Å²) in [6, 6.07) is 5.21. The summed E-state index contributed by atoms with van der Waals surface area (Å²) >= 11 is 0. The number of rotatable bonds is 7. The van der Waals surface area contributed by atoms with Crippen molar-refractivity contribution in [1.82, 2.24) is 15.5 Å². The van der Waals surface area contributed by atoms with E-state index < -0.39 is 0 Å². The lowest BCUT2D eigenvalue weighted by Gasteiger charge is -2.34. The van der Waals surface area contributed by atoms with Gasteiger partial charge in [0.1, 0.15) is 0 Å². The number of hydrogen-bond acceptors (Lipinski definition) is 3. The first-order valence-electron chi connectivity index (χ1n) is 10.2. The molecule has 2 N–H and O–H groups in total. The fourth-order valence-electron chi connectivity index (χ4n) is 3.21. The monoisotopic (exact) mass is 520 g/mol. The second kappa shape index (κ2) is 12.9. The number of amides is 1. The molecule has 0 bridgehead atoms. The van der Waals surface area contributed by atoms with Crippen LogP contribution < -0.4 is 15.4 Å². The van der Waals surface area contributed by atoms with Crippen LogP contribution in [0.25, 0.3) is 0 Å². The van der Waals surface area contributed by atoms with Crippen molar-refractivity contribution in [3.8, 4) is 5.75 Å². The summed E-state index contributed by atoms with van der Waals surface area (Å²) in [5.74, 6) is 0.873. The number of hydrogen-bond donors (Lipinski definition) is 2. The molecule has 0 aromatic heterocycles. The molecule has 164 valence electrons. The predicted octanol–water partition coefficient (Wildman–Crippen LogP) is 3.54. The molecule has 1 amide bonds. The van der Waals surface area contributed by atoms with Crippen molar-refractivity contribution < 1.29 is 13.9 Å². The van der Waals surface area contributed by atoms with E-state index in [4.69, 9.17) is 4.74 Å². The van der Waals surface area contributed by atoms with Crippen LogP contribution in [0, 0.1) is 11.7 Å². The van der Waals surface area contributed by atoms with Gasteiger partial charge in [-0.15, -0.1) is 24.0 Å². The quantitative estimate of drug-likeness (QED) is 0.328. The van der Waals surface area contributed by atoms with Crippen LogP contribution >= 0.6 is 24.0 Å². The van der Waals surface area contributed by atoms with E-state index in [1.54, 1.807) is 6.07 Å². The van der Waals surface area contributed by atoms with Crippen LogP contribution in [0.2, 0.25) is 0 Å². The minimum Gasteiger partial charge on any atom is -0.491 e. The molecule has 0 spiro atoms. The van der Waals surface area contributed by atoms with Crippen LogP contribution in [0.5, 0.6) is 5.75 Å². The predicted molar refractivity (Wildman–Crippen MR) is 125 cm³/mol. The molecule has 1 aromatic rings. The zero-order valence-corrected chi connectivity index (χ0v) is 20.2. The topological polar surface area (TPSA) is 66.0 Å². The molecule has 1 aliphatic heterocycles. The van der Waals surface area contributed by atoms with Gasteiger partial charge in [-0.25, -0.2) is 9.38 Å². The van der Waals surface area contributed by atoms with Crippen molar-refractivity contribution in [2.45, 2.75) is 53.1 Å². The van der Waals surface area contributed by atoms with Gasteiger partial charge in [0, 0.05) is 31.6 Å². The van der Waals surface area contributed by atoms with Gasteiger partial charge in [0.05, 0.1) is 13.2 Å². The summed E-state index contributed by atoms with van der Waals surface area (Å²) < 4.78 is 19.2. The highest BCUT2D eigenvalue weighted by molar-refractivity contribution is 14.0. The molecule has 6 nitrogen and oxygen atoms in total. The van der Waals surface area contributed by atoms with Crippen molar-refractivity contribution >= 4 is 35.8 Å². The lowest BCUT2D eigenvalue weighted by Crippen LogP contribution is -2.50. The Morgan fingerprint density at radius 1 is 1.31 bits per heavy atom. The van der Waals surface area contributed by atoms with Crippen LogP contribution in [0.15, 0.2) is 23.2 Å². The summed E-state index contributed by atoms with van der Waals surface area (Å²) in [4.78, 5) is 18.6. The first-order chi connectivity index (χ1) is 13.4. The standard InChI is InChI=1S/C21H33FN4O2.HI/c1-5-23-21(24-14-16-7-8-19(28-6-2)18(22)13-16)25-17-9-11-26(12-10-17)20(27)15(3)4;/h7-8,13,15,17H,5-6,9-12,14H2,1-4H3,(H2,23,24,25);1H. The Morgan fingerprint density at radius 3 is 2.55 bits per heavy atom. The van der Waals surface area contributed by atoms with Gasteiger partial charge in [-0.3, -0.25) is 4.79 Å². The third kappa shape index (κ3) is 7.98. The Balaban J connectivity index is 0.00000420. The maximum atomic E-state index is 14.0. The van der Waals surface area contributed by atoms with Crippen LogP contribution in [-0.4, -0.2) is 49.0 Å². The molecule has 0 atom stereocenters. The van der Waals surface area contributed by atoms with Gasteiger partial charge in [0.2, 0.25) is 5.91 Å². The second-order valence-electron chi connectivity index (χ2n) is 7.29. The maximum absolute atomic E-state index is 14.0. The molecule has 0 saturated carbocycles. The third-order valence-corrected chi connectivity index (χ3v) is 4.70. The van der Waals surface area contributed by atoms with Gasteiger partial charge in [-0.1, -0.05) is 19.9 Å². The van der Waals surface area contributed by atoms with Gasteiger partial charge in [0.15, 0.2) is 17.5 Å². The van der Waals surface area contributed by atoms with Crippen LogP contribution in [0.1, 0.15) is 46.1 Å². The Morgan fingerprint density at radius 2 is 2.00 bits per heavy atom. The lowest BCUT2D eigenvalue weighted by molar-refractivity contribution is -0.135. The van der Waals surface area contributed by atoms with Crippen molar-refractivity contribution in [3.63, 3.8) is 0 Å². The van der Waals surface area contributed by atoms with E-state index in [0.717, 1.165) is 38.0 Å². The first-order valence-corrected chi connectivity index (χ1v) is 10.2. The smallest absolute Gasteiger partial charge is 0.225 e. The Bertz CT molecular complexity index is 677. The molecule has 29 heavy (non-hydrogen) atoms. The number of aliphatic imine (C=N–C) groups is 1. The summed E-state index contributed by atoms with van der Waals surface area (Å²) in [5, 5.41) is 6.68. The molecular weight excluding hydrogens is 486 g/mol. The van der Waals surface area contributed by atoms with E-state index in [0.29, 0.717) is 19.1 Å². The molecule has 0 radical (unpaired) electrons. The fraction of sp³-hybridized carbons (Fsp3) is 0.619. The highest BCUT2D eigenvalue weighted by Crippen LogP contribution is 2.19. The molecular formula is C21H34FIN4O2. The molecule has 1 aromatic carbocycles. The number of ether oxygens (including phenoxy) is 1. The van der Waals surface area contributed by atoms with Crippen molar-refractivity contribution in [2.24, 2.45) is 10.9 Å². The van der Waals surface area contributed by atoms with Gasteiger partial charge < -0.3 is 20.3 Å². The molecule has 1 fully saturated rings. The maximum Gasteiger partial charge on any atom is 0.225 e. The third-order valence-electron chi connectivity index (χ3n) is 4.70. The van der Waals surface area contributed by atoms with Crippen LogP contribution in [-0.2, 0) is 11.3 Å². The molecule has 1 saturated heterocycles. The number of likely N-dealkylation sites (tertiary alicyclic amines) is 1. The summed E-state index contributed by atoms with van der Waals surface area (Å²) in [5.41, 5.74) is 0.788. The fourth-order valence-corrected chi connectivity index (χ4v) is 3.21. The zero-order chi connectivity index (χ0) is 20.5. The number of piperidine rings is 1. The normalized spacial score (nSPS) is 15.1. The highest BCUT2D eigenvalue weighted by Gasteiger charge is 2.24. The minimum atomic E-state index is -0.366. The number of halogens is 2. The van der Waals surface area contributed by atoms with Gasteiger partial charge in [0.25, 0.3) is 0 Å². The zero-order valence-electron chi connectivity index (χ0n) is 17.8. The second-order valence-corrected chi connectivity index (χ2v) is 7.29. The number of guanidine groups is 1. The Hall–Kier alpha value is -1.58. The average Bonchev–Trinajstić information content (AvgIpc) is 2.68. The van der Waals surface area contributed by atoms with Gasteiger partial charge in [-0.05, 0) is 44.4 Å². The average molecular weight is 520 g/mol. The van der Waals surface area contributed by atoms with E-state index in [1.165, 1.54) is 6.07 Å². The van der Waals surface area contributed by atoms with E-state index in [1.807, 2.05) is 38.7 Å². The Labute approximate surface area is 190 Å². The van der Waals surface area contributed by atoms with Crippen molar-refractivity contribution in [2.75, 3.05) is 26.2 Å².